The van der Waals surface area contributed by atoms with Crippen LogP contribution >= 0.6 is 15.9 Å². The fourth-order valence-electron chi connectivity index (χ4n) is 5.29. The number of hydrogen-bond acceptors (Lipinski definition) is 6. The summed E-state index contributed by atoms with van der Waals surface area (Å²) in [5.41, 5.74) is 1.88. The van der Waals surface area contributed by atoms with Crippen LogP contribution in [0.5, 0.6) is 11.5 Å². The number of amides is 2. The Morgan fingerprint density at radius 3 is 2.23 bits per heavy atom. The van der Waals surface area contributed by atoms with E-state index in [0.717, 1.165) is 51.8 Å². The van der Waals surface area contributed by atoms with Gasteiger partial charge in [0, 0.05) is 29.5 Å². The Morgan fingerprint density at radius 2 is 1.63 bits per heavy atom. The summed E-state index contributed by atoms with van der Waals surface area (Å²) in [6.45, 7) is -0.418. The van der Waals surface area contributed by atoms with Crippen LogP contribution in [0.3, 0.4) is 0 Å². The molecule has 1 aliphatic rings. The number of ether oxygens (including phenoxy) is 2. The molecule has 11 heteroatoms. The van der Waals surface area contributed by atoms with E-state index in [-0.39, 0.29) is 36.4 Å². The number of nitrogens with zero attached hydrogens (tertiary/aromatic N) is 2. The van der Waals surface area contributed by atoms with Gasteiger partial charge < -0.3 is 19.7 Å². The molecule has 1 atom stereocenters. The number of halogens is 1. The van der Waals surface area contributed by atoms with Crippen LogP contribution in [0.25, 0.3) is 0 Å². The molecule has 1 saturated carbocycles. The lowest BCUT2D eigenvalue weighted by Crippen LogP contribution is -2.54. The molecule has 0 heterocycles. The van der Waals surface area contributed by atoms with E-state index in [9.17, 15) is 18.0 Å². The van der Waals surface area contributed by atoms with Crippen LogP contribution < -0.4 is 19.1 Å². The third-order valence-electron chi connectivity index (χ3n) is 7.57. The molecule has 1 N–H and O–H groups in total. The molecule has 1 unspecified atom stereocenters. The SMILES string of the molecule is COc1ccc(N(CC(=O)N(Cc2ccc(Br)cc2)C(Cc2ccccc2)C(=O)NC2CCCC2)S(C)(=O)=O)c(OC)c1. The van der Waals surface area contributed by atoms with Gasteiger partial charge in [-0.1, -0.05) is 71.2 Å². The lowest BCUT2D eigenvalue weighted by atomic mass is 10.0. The number of nitrogens with one attached hydrogen (secondary N) is 1. The van der Waals surface area contributed by atoms with Crippen LogP contribution in [0.2, 0.25) is 0 Å². The second-order valence-electron chi connectivity index (χ2n) is 10.7. The van der Waals surface area contributed by atoms with Crippen LogP contribution in [-0.4, -0.2) is 64.2 Å². The molecule has 0 radical (unpaired) electrons. The smallest absolute Gasteiger partial charge is 0.244 e. The van der Waals surface area contributed by atoms with Crippen molar-refractivity contribution in [2.24, 2.45) is 0 Å². The first-order valence-corrected chi connectivity index (χ1v) is 16.8. The zero-order valence-corrected chi connectivity index (χ0v) is 27.1. The Bertz CT molecular complexity index is 1500. The average Bonchev–Trinajstić information content (AvgIpc) is 3.51. The van der Waals surface area contributed by atoms with Gasteiger partial charge >= 0.3 is 0 Å². The molecule has 0 saturated heterocycles. The maximum atomic E-state index is 14.3. The van der Waals surface area contributed by atoms with E-state index in [4.69, 9.17) is 9.47 Å². The molecular weight excluding hydrogens is 634 g/mol. The van der Waals surface area contributed by atoms with Gasteiger partial charge in [-0.3, -0.25) is 13.9 Å². The Morgan fingerprint density at radius 1 is 0.953 bits per heavy atom. The maximum absolute atomic E-state index is 14.3. The lowest BCUT2D eigenvalue weighted by molar-refractivity contribution is -0.140. The number of carbonyl (C=O) groups is 2. The first kappa shape index (κ1) is 32.3. The summed E-state index contributed by atoms with van der Waals surface area (Å²) in [4.78, 5) is 29.7. The van der Waals surface area contributed by atoms with E-state index in [1.54, 1.807) is 18.2 Å². The van der Waals surface area contributed by atoms with E-state index < -0.39 is 28.5 Å². The van der Waals surface area contributed by atoms with Gasteiger partial charge in [0.05, 0.1) is 26.2 Å². The Balaban J connectivity index is 1.74. The number of anilines is 1. The standard InChI is InChI=1S/C32H38BrN3O6S/c1-41-27-17-18-28(30(20-27)42-2)36(43(3,39)40)22-31(37)35(21-24-13-15-25(33)16-14-24)29(19-23-9-5-4-6-10-23)32(38)34-26-11-7-8-12-26/h4-6,9-10,13-18,20,26,29H,7-8,11-12,19,21-22H2,1-3H3,(H,34,38). The highest BCUT2D eigenvalue weighted by molar-refractivity contribution is 9.10. The fourth-order valence-corrected chi connectivity index (χ4v) is 6.41. The molecule has 0 spiro atoms. The fraction of sp³-hybridized carbons (Fsp3) is 0.375. The first-order valence-electron chi connectivity index (χ1n) is 14.2. The highest BCUT2D eigenvalue weighted by Gasteiger charge is 2.35. The van der Waals surface area contributed by atoms with Gasteiger partial charge in [-0.05, 0) is 48.2 Å². The molecule has 0 aromatic heterocycles. The van der Waals surface area contributed by atoms with Crippen molar-refractivity contribution in [1.29, 1.82) is 0 Å². The number of hydrogen-bond donors (Lipinski definition) is 1. The number of sulfonamides is 1. The summed E-state index contributed by atoms with van der Waals surface area (Å²) in [5, 5.41) is 3.17. The normalized spacial score (nSPS) is 14.1. The molecule has 0 aliphatic heterocycles. The van der Waals surface area contributed by atoms with Crippen molar-refractivity contribution >= 4 is 43.5 Å². The van der Waals surface area contributed by atoms with E-state index >= 15 is 0 Å². The van der Waals surface area contributed by atoms with Crippen LogP contribution in [-0.2, 0) is 32.6 Å². The van der Waals surface area contributed by atoms with Crippen molar-refractivity contribution in [3.05, 3.63) is 88.4 Å². The Labute approximate surface area is 262 Å². The lowest BCUT2D eigenvalue weighted by Gasteiger charge is -2.34. The second kappa shape index (κ2) is 14.7. The quantitative estimate of drug-likeness (QED) is 0.276. The van der Waals surface area contributed by atoms with E-state index in [1.807, 2.05) is 54.6 Å². The van der Waals surface area contributed by atoms with Crippen LogP contribution in [0.1, 0.15) is 36.8 Å². The topological polar surface area (TPSA) is 105 Å². The largest absolute Gasteiger partial charge is 0.497 e. The summed E-state index contributed by atoms with van der Waals surface area (Å²) in [6.07, 6.45) is 5.18. The second-order valence-corrected chi connectivity index (χ2v) is 13.5. The molecule has 3 aromatic carbocycles. The Kier molecular flexibility index (Phi) is 11.1. The molecule has 2 amide bonds. The van der Waals surface area contributed by atoms with Crippen LogP contribution in [0, 0.1) is 0 Å². The van der Waals surface area contributed by atoms with E-state index in [2.05, 4.69) is 21.2 Å². The van der Waals surface area contributed by atoms with Crippen molar-refractivity contribution in [2.75, 3.05) is 31.3 Å². The molecule has 4 rings (SSSR count). The van der Waals surface area contributed by atoms with Gasteiger partial charge in [0.2, 0.25) is 21.8 Å². The molecule has 9 nitrogen and oxygen atoms in total. The molecule has 1 aliphatic carbocycles. The predicted octanol–water partition coefficient (Wildman–Crippen LogP) is 4.93. The van der Waals surface area contributed by atoms with Gasteiger partial charge in [-0.2, -0.15) is 0 Å². The number of rotatable bonds is 13. The maximum Gasteiger partial charge on any atom is 0.244 e. The number of benzene rings is 3. The molecule has 0 bridgehead atoms. The minimum Gasteiger partial charge on any atom is -0.497 e. The summed E-state index contributed by atoms with van der Waals surface area (Å²) in [7, 11) is -1.03. The van der Waals surface area contributed by atoms with Crippen molar-refractivity contribution in [3.63, 3.8) is 0 Å². The predicted molar refractivity (Wildman–Crippen MR) is 171 cm³/mol. The van der Waals surface area contributed by atoms with Crippen LogP contribution in [0.4, 0.5) is 5.69 Å². The van der Waals surface area contributed by atoms with Gasteiger partial charge in [0.25, 0.3) is 0 Å². The van der Waals surface area contributed by atoms with Crippen molar-refractivity contribution in [1.82, 2.24) is 10.2 Å². The monoisotopic (exact) mass is 671 g/mol. The highest BCUT2D eigenvalue weighted by atomic mass is 79.9. The minimum absolute atomic E-state index is 0.0477. The van der Waals surface area contributed by atoms with Gasteiger partial charge in [0.1, 0.15) is 24.1 Å². The van der Waals surface area contributed by atoms with Crippen molar-refractivity contribution in [2.45, 2.75) is 50.7 Å². The minimum atomic E-state index is -3.94. The number of carbonyl (C=O) groups excluding carboxylic acids is 2. The third-order valence-corrected chi connectivity index (χ3v) is 9.23. The molecule has 43 heavy (non-hydrogen) atoms. The van der Waals surface area contributed by atoms with Gasteiger partial charge in [-0.15, -0.1) is 0 Å². The summed E-state index contributed by atoms with van der Waals surface area (Å²) in [5.74, 6) is -0.0662. The zero-order chi connectivity index (χ0) is 31.0. The Hall–Kier alpha value is -3.57. The van der Waals surface area contributed by atoms with Crippen molar-refractivity contribution < 1.29 is 27.5 Å². The zero-order valence-electron chi connectivity index (χ0n) is 24.7. The molecule has 230 valence electrons. The molecule has 1 fully saturated rings. The summed E-state index contributed by atoms with van der Waals surface area (Å²) >= 11 is 3.45. The average molecular weight is 673 g/mol. The highest BCUT2D eigenvalue weighted by Crippen LogP contribution is 2.34. The summed E-state index contributed by atoms with van der Waals surface area (Å²) in [6, 6.07) is 20.9. The van der Waals surface area contributed by atoms with Gasteiger partial charge in [-0.25, -0.2) is 8.42 Å². The first-order chi connectivity index (χ1) is 20.6. The number of methoxy groups -OCH3 is 2. The molecule has 3 aromatic rings. The third kappa shape index (κ3) is 8.73. The van der Waals surface area contributed by atoms with E-state index in [0.29, 0.717) is 5.75 Å². The van der Waals surface area contributed by atoms with Crippen LogP contribution in [0.15, 0.2) is 77.3 Å². The molecular formula is C32H38BrN3O6S. The van der Waals surface area contributed by atoms with Crippen molar-refractivity contribution in [3.8, 4) is 11.5 Å². The van der Waals surface area contributed by atoms with E-state index in [1.165, 1.54) is 19.1 Å². The summed E-state index contributed by atoms with van der Waals surface area (Å²) < 4.78 is 38.9. The van der Waals surface area contributed by atoms with Gasteiger partial charge in [0.15, 0.2) is 0 Å².